The van der Waals surface area contributed by atoms with Crippen LogP contribution in [0.3, 0.4) is 0 Å². The lowest BCUT2D eigenvalue weighted by Gasteiger charge is -2.34. The van der Waals surface area contributed by atoms with Gasteiger partial charge in [0.25, 0.3) is 5.91 Å². The maximum absolute atomic E-state index is 12.8. The van der Waals surface area contributed by atoms with E-state index in [1.54, 1.807) is 11.0 Å². The van der Waals surface area contributed by atoms with Gasteiger partial charge in [0.05, 0.1) is 6.54 Å². The summed E-state index contributed by atoms with van der Waals surface area (Å²) in [5, 5.41) is 4.82. The van der Waals surface area contributed by atoms with Crippen LogP contribution in [0.15, 0.2) is 42.5 Å². The van der Waals surface area contributed by atoms with Gasteiger partial charge >= 0.3 is 0 Å². The summed E-state index contributed by atoms with van der Waals surface area (Å²) in [5.74, 6) is -0.0481. The second-order valence-electron chi connectivity index (χ2n) is 8.64. The second kappa shape index (κ2) is 9.94. The Morgan fingerprint density at radius 3 is 2.19 bits per heavy atom. The number of nitrogens with one attached hydrogen (secondary N) is 1. The summed E-state index contributed by atoms with van der Waals surface area (Å²) < 4.78 is 0. The van der Waals surface area contributed by atoms with E-state index in [9.17, 15) is 14.4 Å². The van der Waals surface area contributed by atoms with Crippen molar-refractivity contribution >= 4 is 28.5 Å². The summed E-state index contributed by atoms with van der Waals surface area (Å²) in [6.45, 7) is 2.89. The Kier molecular flexibility index (Phi) is 6.85. The minimum absolute atomic E-state index is 0.0175. The summed E-state index contributed by atoms with van der Waals surface area (Å²) in [6.07, 6.45) is 6.03. The maximum atomic E-state index is 12.8. The van der Waals surface area contributed by atoms with Gasteiger partial charge in [-0.15, -0.1) is 0 Å². The van der Waals surface area contributed by atoms with Crippen molar-refractivity contribution in [3.8, 4) is 0 Å². The minimum atomic E-state index is -0.245. The van der Waals surface area contributed by atoms with Crippen molar-refractivity contribution in [2.24, 2.45) is 5.92 Å². The van der Waals surface area contributed by atoms with Crippen molar-refractivity contribution in [3.63, 3.8) is 0 Å². The number of carbonyl (C=O) groups is 3. The van der Waals surface area contributed by atoms with Gasteiger partial charge in [-0.25, -0.2) is 0 Å². The Bertz CT molecular complexity index is 942. The SMILES string of the molecule is O=C(NCC(=O)N1CCC(C(=O)N2CCCCCC2)CC1)c1ccc2ccccc2c1. The fraction of sp³-hybridized carbons (Fsp3) is 0.480. The Balaban J connectivity index is 1.25. The largest absolute Gasteiger partial charge is 0.343 e. The minimum Gasteiger partial charge on any atom is -0.343 e. The molecule has 0 aliphatic carbocycles. The summed E-state index contributed by atoms with van der Waals surface area (Å²) in [7, 11) is 0. The monoisotopic (exact) mass is 421 g/mol. The number of benzene rings is 2. The molecular weight excluding hydrogens is 390 g/mol. The standard InChI is InChI=1S/C25H31N3O3/c29-23(18-26-24(30)22-10-9-19-7-3-4-8-21(19)17-22)27-15-11-20(12-16-27)25(31)28-13-5-1-2-6-14-28/h3-4,7-10,17,20H,1-2,5-6,11-16,18H2,(H,26,30). The van der Waals surface area contributed by atoms with Crippen molar-refractivity contribution in [2.75, 3.05) is 32.7 Å². The number of likely N-dealkylation sites (tertiary alicyclic amines) is 2. The number of nitrogens with zero attached hydrogens (tertiary/aromatic N) is 2. The lowest BCUT2D eigenvalue weighted by molar-refractivity contribution is -0.140. The second-order valence-corrected chi connectivity index (χ2v) is 8.64. The molecule has 0 aromatic heterocycles. The van der Waals surface area contributed by atoms with Gasteiger partial charge in [0.15, 0.2) is 0 Å². The Labute approximate surface area is 183 Å². The molecule has 0 spiro atoms. The molecule has 2 saturated heterocycles. The highest BCUT2D eigenvalue weighted by atomic mass is 16.2. The van der Waals surface area contributed by atoms with E-state index in [2.05, 4.69) is 5.32 Å². The van der Waals surface area contributed by atoms with Crippen LogP contribution < -0.4 is 5.32 Å². The van der Waals surface area contributed by atoms with Crippen LogP contribution >= 0.6 is 0 Å². The maximum Gasteiger partial charge on any atom is 0.251 e. The summed E-state index contributed by atoms with van der Waals surface area (Å²) in [4.78, 5) is 41.7. The number of piperidine rings is 1. The van der Waals surface area contributed by atoms with E-state index in [1.807, 2.05) is 41.3 Å². The number of hydrogen-bond donors (Lipinski definition) is 1. The van der Waals surface area contributed by atoms with Gasteiger partial charge in [0.1, 0.15) is 0 Å². The first-order valence-electron chi connectivity index (χ1n) is 11.5. The summed E-state index contributed by atoms with van der Waals surface area (Å²) in [6, 6.07) is 13.4. The molecule has 0 bridgehead atoms. The molecule has 1 N–H and O–H groups in total. The fourth-order valence-corrected chi connectivity index (χ4v) is 4.63. The molecule has 2 aliphatic heterocycles. The Hall–Kier alpha value is -2.89. The molecule has 2 heterocycles. The highest BCUT2D eigenvalue weighted by Gasteiger charge is 2.30. The van der Waals surface area contributed by atoms with Gasteiger partial charge in [-0.1, -0.05) is 43.2 Å². The van der Waals surface area contributed by atoms with Gasteiger partial charge in [-0.05, 0) is 48.6 Å². The third-order valence-corrected chi connectivity index (χ3v) is 6.53. The smallest absolute Gasteiger partial charge is 0.251 e. The van der Waals surface area contributed by atoms with Crippen LogP contribution in [0, 0.1) is 5.92 Å². The molecule has 0 atom stereocenters. The van der Waals surface area contributed by atoms with Crippen LogP contribution in [-0.2, 0) is 9.59 Å². The van der Waals surface area contributed by atoms with Crippen LogP contribution in [0.5, 0.6) is 0 Å². The van der Waals surface area contributed by atoms with E-state index in [0.29, 0.717) is 31.5 Å². The molecule has 31 heavy (non-hydrogen) atoms. The highest BCUT2D eigenvalue weighted by molar-refractivity contribution is 6.00. The molecule has 6 heteroatoms. The number of hydrogen-bond acceptors (Lipinski definition) is 3. The molecule has 0 unspecified atom stereocenters. The van der Waals surface area contributed by atoms with Crippen LogP contribution in [0.1, 0.15) is 48.9 Å². The summed E-state index contributed by atoms with van der Waals surface area (Å²) in [5.41, 5.74) is 0.549. The lowest BCUT2D eigenvalue weighted by atomic mass is 9.95. The molecule has 0 saturated carbocycles. The molecule has 2 aromatic carbocycles. The predicted octanol–water partition coefficient (Wildman–Crippen LogP) is 3.21. The third-order valence-electron chi connectivity index (χ3n) is 6.53. The quantitative estimate of drug-likeness (QED) is 0.824. The average Bonchev–Trinajstić information content (AvgIpc) is 3.11. The van der Waals surface area contributed by atoms with Crippen LogP contribution in [0.4, 0.5) is 0 Å². The van der Waals surface area contributed by atoms with Crippen molar-refractivity contribution < 1.29 is 14.4 Å². The molecule has 2 aromatic rings. The van der Waals surface area contributed by atoms with E-state index < -0.39 is 0 Å². The predicted molar refractivity (Wildman–Crippen MR) is 121 cm³/mol. The first-order chi connectivity index (χ1) is 15.1. The molecule has 2 aliphatic rings. The zero-order chi connectivity index (χ0) is 21.6. The number of fused-ring (bicyclic) bond motifs is 1. The van der Waals surface area contributed by atoms with E-state index >= 15 is 0 Å². The first kappa shape index (κ1) is 21.3. The Morgan fingerprint density at radius 1 is 0.806 bits per heavy atom. The van der Waals surface area contributed by atoms with E-state index in [-0.39, 0.29) is 30.2 Å². The number of rotatable bonds is 4. The molecule has 4 rings (SSSR count). The molecule has 2 fully saturated rings. The van der Waals surface area contributed by atoms with Gasteiger partial charge in [-0.3, -0.25) is 14.4 Å². The van der Waals surface area contributed by atoms with Crippen molar-refractivity contribution in [2.45, 2.75) is 38.5 Å². The van der Waals surface area contributed by atoms with Crippen molar-refractivity contribution in [3.05, 3.63) is 48.0 Å². The lowest BCUT2D eigenvalue weighted by Crippen LogP contribution is -2.47. The van der Waals surface area contributed by atoms with Crippen LogP contribution in [-0.4, -0.2) is 60.2 Å². The van der Waals surface area contributed by atoms with E-state index in [0.717, 1.165) is 36.7 Å². The highest BCUT2D eigenvalue weighted by Crippen LogP contribution is 2.22. The zero-order valence-electron chi connectivity index (χ0n) is 18.0. The van der Waals surface area contributed by atoms with Crippen molar-refractivity contribution in [1.82, 2.24) is 15.1 Å². The normalized spacial score (nSPS) is 17.9. The molecular formula is C25H31N3O3. The fourth-order valence-electron chi connectivity index (χ4n) is 4.63. The van der Waals surface area contributed by atoms with Gasteiger partial charge in [0.2, 0.25) is 11.8 Å². The summed E-state index contributed by atoms with van der Waals surface area (Å²) >= 11 is 0. The van der Waals surface area contributed by atoms with Gasteiger partial charge in [0, 0.05) is 37.7 Å². The molecule has 0 radical (unpaired) electrons. The van der Waals surface area contributed by atoms with Crippen LogP contribution in [0.2, 0.25) is 0 Å². The van der Waals surface area contributed by atoms with Gasteiger partial charge in [-0.2, -0.15) is 0 Å². The Morgan fingerprint density at radius 2 is 1.48 bits per heavy atom. The zero-order valence-corrected chi connectivity index (χ0v) is 18.0. The molecule has 164 valence electrons. The van der Waals surface area contributed by atoms with Gasteiger partial charge < -0.3 is 15.1 Å². The van der Waals surface area contributed by atoms with E-state index in [1.165, 1.54) is 12.8 Å². The first-order valence-corrected chi connectivity index (χ1v) is 11.5. The number of carbonyl (C=O) groups excluding carboxylic acids is 3. The van der Waals surface area contributed by atoms with E-state index in [4.69, 9.17) is 0 Å². The number of amides is 3. The third kappa shape index (κ3) is 5.24. The molecule has 6 nitrogen and oxygen atoms in total. The van der Waals surface area contributed by atoms with Crippen LogP contribution in [0.25, 0.3) is 10.8 Å². The van der Waals surface area contributed by atoms with Crippen molar-refractivity contribution in [1.29, 1.82) is 0 Å². The molecule has 3 amide bonds. The topological polar surface area (TPSA) is 69.7 Å². The average molecular weight is 422 g/mol.